The van der Waals surface area contributed by atoms with Crippen LogP contribution in [-0.2, 0) is 16.2 Å². The van der Waals surface area contributed by atoms with Crippen molar-refractivity contribution in [1.82, 2.24) is 5.43 Å². The van der Waals surface area contributed by atoms with E-state index in [1.807, 2.05) is 72.8 Å². The average Bonchev–Trinajstić information content (AvgIpc) is 3.22. The van der Waals surface area contributed by atoms with E-state index >= 15 is 0 Å². The molecule has 1 atom stereocenters. The molecule has 3 aromatic rings. The molecule has 0 bridgehead atoms. The minimum absolute atomic E-state index is 0.0735. The molecule has 0 aliphatic carbocycles. The van der Waals surface area contributed by atoms with Gasteiger partial charge in [-0.15, -0.1) is 0 Å². The minimum Gasteiger partial charge on any atom is -0.489 e. The molecule has 1 aliphatic rings. The fourth-order valence-corrected chi connectivity index (χ4v) is 3.80. The zero-order valence-corrected chi connectivity index (χ0v) is 19.9. The number of benzene rings is 3. The van der Waals surface area contributed by atoms with Gasteiger partial charge in [0.25, 0.3) is 0 Å². The summed E-state index contributed by atoms with van der Waals surface area (Å²) < 4.78 is 6.70. The van der Waals surface area contributed by atoms with Gasteiger partial charge in [0.1, 0.15) is 12.4 Å². The van der Waals surface area contributed by atoms with Crippen molar-refractivity contribution in [3.05, 3.63) is 93.4 Å². The van der Waals surface area contributed by atoms with Gasteiger partial charge in [-0.05, 0) is 71.8 Å². The maximum Gasteiger partial charge on any atom is 0.245 e. The van der Waals surface area contributed by atoms with Crippen LogP contribution < -0.4 is 15.1 Å². The number of rotatable bonds is 7. The van der Waals surface area contributed by atoms with Crippen LogP contribution in [0.15, 0.2) is 82.4 Å². The van der Waals surface area contributed by atoms with E-state index in [4.69, 9.17) is 16.3 Å². The van der Waals surface area contributed by atoms with Crippen molar-refractivity contribution in [2.75, 3.05) is 11.4 Å². The number of hydrazone groups is 1. The van der Waals surface area contributed by atoms with Crippen molar-refractivity contribution in [1.29, 1.82) is 0 Å². The van der Waals surface area contributed by atoms with Gasteiger partial charge >= 0.3 is 0 Å². The van der Waals surface area contributed by atoms with Crippen molar-refractivity contribution >= 4 is 51.2 Å². The Balaban J connectivity index is 1.26. The van der Waals surface area contributed by atoms with Gasteiger partial charge in [-0.2, -0.15) is 5.10 Å². The van der Waals surface area contributed by atoms with Gasteiger partial charge in [-0.1, -0.05) is 39.7 Å². The summed E-state index contributed by atoms with van der Waals surface area (Å²) in [6.07, 6.45) is 1.72. The van der Waals surface area contributed by atoms with E-state index in [2.05, 4.69) is 26.5 Å². The van der Waals surface area contributed by atoms with Crippen LogP contribution in [0.3, 0.4) is 0 Å². The predicted octanol–water partition coefficient (Wildman–Crippen LogP) is 5.18. The molecule has 3 aromatic carbocycles. The Hall–Kier alpha value is -3.16. The van der Waals surface area contributed by atoms with E-state index in [1.54, 1.807) is 11.1 Å². The first-order valence-electron chi connectivity index (χ1n) is 10.3. The van der Waals surface area contributed by atoms with Gasteiger partial charge in [0, 0.05) is 28.1 Å². The molecule has 1 N–H and O–H groups in total. The average molecular weight is 527 g/mol. The molecule has 4 rings (SSSR count). The molecular formula is C25H21BrClN3O3. The van der Waals surface area contributed by atoms with E-state index in [0.717, 1.165) is 27.0 Å². The maximum absolute atomic E-state index is 12.5. The number of ether oxygens (including phenoxy) is 1. The summed E-state index contributed by atoms with van der Waals surface area (Å²) in [5, 5.41) is 4.73. The molecule has 2 amide bonds. The van der Waals surface area contributed by atoms with Crippen molar-refractivity contribution < 1.29 is 14.3 Å². The van der Waals surface area contributed by atoms with Crippen LogP contribution in [0.2, 0.25) is 5.02 Å². The Morgan fingerprint density at radius 2 is 1.79 bits per heavy atom. The molecule has 8 heteroatoms. The smallest absolute Gasteiger partial charge is 0.245 e. The predicted molar refractivity (Wildman–Crippen MR) is 133 cm³/mol. The van der Waals surface area contributed by atoms with Crippen LogP contribution in [0, 0.1) is 5.92 Å². The second kappa shape index (κ2) is 10.6. The third-order valence-electron chi connectivity index (χ3n) is 5.22. The number of hydrogen-bond acceptors (Lipinski definition) is 4. The van der Waals surface area contributed by atoms with E-state index in [0.29, 0.717) is 18.2 Å². The van der Waals surface area contributed by atoms with E-state index < -0.39 is 5.92 Å². The van der Waals surface area contributed by atoms with Gasteiger partial charge in [0.15, 0.2) is 0 Å². The zero-order chi connectivity index (χ0) is 23.2. The first kappa shape index (κ1) is 23.0. The molecule has 168 valence electrons. The second-order valence-corrected chi connectivity index (χ2v) is 8.95. The summed E-state index contributed by atoms with van der Waals surface area (Å²) in [6, 6.07) is 22.3. The molecule has 6 nitrogen and oxygen atoms in total. The lowest BCUT2D eigenvalue weighted by Gasteiger charge is -2.16. The largest absolute Gasteiger partial charge is 0.489 e. The van der Waals surface area contributed by atoms with Crippen molar-refractivity contribution in [3.8, 4) is 5.75 Å². The maximum atomic E-state index is 12.5. The SMILES string of the molecule is O=C(N/N=C\c1ccc(OCc2ccc(Cl)cc2)cc1)[C@H]1CC(=O)N(c2ccc(Br)cc2)C1. The molecule has 1 saturated heterocycles. The Morgan fingerprint density at radius 3 is 2.48 bits per heavy atom. The standard InChI is InChI=1S/C25H21BrClN3O3/c26-20-5-9-22(10-6-20)30-15-19(13-24(30)31)25(32)29-28-14-17-3-11-23(12-4-17)33-16-18-1-7-21(27)8-2-18/h1-12,14,19H,13,15-16H2,(H,29,32)/b28-14-/t19-/m0/s1. The van der Waals surface area contributed by atoms with Crippen LogP contribution in [0.5, 0.6) is 5.75 Å². The third-order valence-corrected chi connectivity index (χ3v) is 6.00. The highest BCUT2D eigenvalue weighted by molar-refractivity contribution is 9.10. The number of nitrogens with zero attached hydrogens (tertiary/aromatic N) is 2. The Bertz CT molecular complexity index is 1150. The van der Waals surface area contributed by atoms with E-state index in [-0.39, 0.29) is 18.2 Å². The highest BCUT2D eigenvalue weighted by Crippen LogP contribution is 2.26. The fraction of sp³-hybridized carbons (Fsp3) is 0.160. The van der Waals surface area contributed by atoms with Gasteiger partial charge in [-0.25, -0.2) is 5.43 Å². The molecule has 0 radical (unpaired) electrons. The third kappa shape index (κ3) is 6.21. The molecular weight excluding hydrogens is 506 g/mol. The summed E-state index contributed by atoms with van der Waals surface area (Å²) in [7, 11) is 0. The van der Waals surface area contributed by atoms with Crippen LogP contribution in [-0.4, -0.2) is 24.6 Å². The zero-order valence-electron chi connectivity index (χ0n) is 17.6. The number of halogens is 2. The molecule has 33 heavy (non-hydrogen) atoms. The number of anilines is 1. The van der Waals surface area contributed by atoms with Gasteiger partial charge in [-0.3, -0.25) is 9.59 Å². The van der Waals surface area contributed by atoms with Crippen LogP contribution in [0.4, 0.5) is 5.69 Å². The first-order valence-corrected chi connectivity index (χ1v) is 11.5. The van der Waals surface area contributed by atoms with Crippen LogP contribution >= 0.6 is 27.5 Å². The quantitative estimate of drug-likeness (QED) is 0.340. The number of hydrogen-bond donors (Lipinski definition) is 1. The molecule has 1 aliphatic heterocycles. The van der Waals surface area contributed by atoms with Crippen molar-refractivity contribution in [2.24, 2.45) is 11.0 Å². The Morgan fingerprint density at radius 1 is 1.09 bits per heavy atom. The monoisotopic (exact) mass is 525 g/mol. The summed E-state index contributed by atoms with van der Waals surface area (Å²) in [4.78, 5) is 26.4. The van der Waals surface area contributed by atoms with Gasteiger partial charge in [0.05, 0.1) is 12.1 Å². The van der Waals surface area contributed by atoms with E-state index in [9.17, 15) is 9.59 Å². The van der Waals surface area contributed by atoms with Crippen molar-refractivity contribution in [3.63, 3.8) is 0 Å². The minimum atomic E-state index is -0.443. The number of carbonyl (C=O) groups excluding carboxylic acids is 2. The molecule has 0 spiro atoms. The number of amides is 2. The lowest BCUT2D eigenvalue weighted by Crippen LogP contribution is -2.30. The molecule has 0 saturated carbocycles. The summed E-state index contributed by atoms with van der Waals surface area (Å²) >= 11 is 9.27. The molecule has 0 unspecified atom stereocenters. The Kier molecular flexibility index (Phi) is 7.42. The topological polar surface area (TPSA) is 71.0 Å². The summed E-state index contributed by atoms with van der Waals surface area (Å²) in [5.74, 6) is -0.0663. The lowest BCUT2D eigenvalue weighted by molar-refractivity contribution is -0.126. The molecule has 0 aromatic heterocycles. The second-order valence-electron chi connectivity index (χ2n) is 7.60. The number of carbonyl (C=O) groups is 2. The summed E-state index contributed by atoms with van der Waals surface area (Å²) in [5.41, 5.74) is 5.16. The normalized spacial score (nSPS) is 15.8. The van der Waals surface area contributed by atoms with Crippen LogP contribution in [0.1, 0.15) is 17.5 Å². The van der Waals surface area contributed by atoms with Gasteiger partial charge < -0.3 is 9.64 Å². The van der Waals surface area contributed by atoms with Crippen LogP contribution in [0.25, 0.3) is 0 Å². The molecule has 1 heterocycles. The molecule has 1 fully saturated rings. The fourth-order valence-electron chi connectivity index (χ4n) is 3.41. The Labute approximate surface area is 205 Å². The number of nitrogens with one attached hydrogen (secondary N) is 1. The highest BCUT2D eigenvalue weighted by atomic mass is 79.9. The van der Waals surface area contributed by atoms with E-state index in [1.165, 1.54) is 0 Å². The van der Waals surface area contributed by atoms with Gasteiger partial charge in [0.2, 0.25) is 11.8 Å². The van der Waals surface area contributed by atoms with Crippen molar-refractivity contribution in [2.45, 2.75) is 13.0 Å². The highest BCUT2D eigenvalue weighted by Gasteiger charge is 2.35. The lowest BCUT2D eigenvalue weighted by atomic mass is 10.1. The summed E-state index contributed by atoms with van der Waals surface area (Å²) in [6.45, 7) is 0.777. The first-order chi connectivity index (χ1) is 16.0.